The smallest absolute Gasteiger partial charge is 0.244 e. The molecule has 1 N–H and O–H groups in total. The number of nitrogens with one attached hydrogen (secondary N) is 1. The first-order chi connectivity index (χ1) is 17.7. The van der Waals surface area contributed by atoms with Crippen molar-refractivity contribution in [2.75, 3.05) is 36.4 Å². The molecule has 202 valence electrons. The Kier molecular flexibility index (Phi) is 9.79. The number of fused-ring (bicyclic) bond motifs is 1. The lowest BCUT2D eigenvalue weighted by Gasteiger charge is -2.33. The number of carbonyl (C=O) groups is 2. The zero-order chi connectivity index (χ0) is 27.0. The number of hydrogen-bond donors (Lipinski definition) is 1. The van der Waals surface area contributed by atoms with E-state index in [2.05, 4.69) is 5.32 Å². The van der Waals surface area contributed by atoms with Gasteiger partial charge in [-0.25, -0.2) is 8.42 Å². The SMILES string of the molecule is CCCNC(=O)[C@H](CC)N(Cc1ccc(C)cc1)C(=O)CN(c1ccc2c(c1)OCCO2)S(=O)(=O)CC. The normalized spacial score (nSPS) is 13.5. The van der Waals surface area contributed by atoms with Crippen molar-refractivity contribution in [2.45, 2.75) is 53.1 Å². The van der Waals surface area contributed by atoms with Crippen LogP contribution >= 0.6 is 0 Å². The molecular weight excluding hydrogens is 494 g/mol. The van der Waals surface area contributed by atoms with Gasteiger partial charge in [0, 0.05) is 19.2 Å². The minimum absolute atomic E-state index is 0.179. The van der Waals surface area contributed by atoms with Gasteiger partial charge in [-0.2, -0.15) is 0 Å². The van der Waals surface area contributed by atoms with Crippen molar-refractivity contribution >= 4 is 27.5 Å². The van der Waals surface area contributed by atoms with Crippen LogP contribution in [0.2, 0.25) is 0 Å². The van der Waals surface area contributed by atoms with Crippen LogP contribution in [0.1, 0.15) is 44.7 Å². The van der Waals surface area contributed by atoms with E-state index in [1.807, 2.05) is 45.0 Å². The molecule has 0 bridgehead atoms. The number of benzene rings is 2. The number of anilines is 1. The summed E-state index contributed by atoms with van der Waals surface area (Å²) < 4.78 is 38.6. The van der Waals surface area contributed by atoms with E-state index < -0.39 is 28.5 Å². The molecule has 0 aromatic heterocycles. The molecule has 3 rings (SSSR count). The molecule has 1 aliphatic rings. The zero-order valence-electron chi connectivity index (χ0n) is 22.0. The van der Waals surface area contributed by atoms with Gasteiger partial charge in [0.25, 0.3) is 0 Å². The molecule has 0 radical (unpaired) electrons. The highest BCUT2D eigenvalue weighted by Gasteiger charge is 2.32. The first-order valence-electron chi connectivity index (χ1n) is 12.7. The Morgan fingerprint density at radius 2 is 1.68 bits per heavy atom. The molecule has 10 heteroatoms. The lowest BCUT2D eigenvalue weighted by atomic mass is 10.1. The van der Waals surface area contributed by atoms with Crippen LogP contribution in [0.5, 0.6) is 11.5 Å². The highest BCUT2D eigenvalue weighted by atomic mass is 32.2. The molecule has 37 heavy (non-hydrogen) atoms. The zero-order valence-corrected chi connectivity index (χ0v) is 22.8. The number of amides is 2. The third kappa shape index (κ3) is 7.15. The maximum atomic E-state index is 13.8. The third-order valence-corrected chi connectivity index (χ3v) is 7.94. The summed E-state index contributed by atoms with van der Waals surface area (Å²) in [6.45, 7) is 8.29. The van der Waals surface area contributed by atoms with E-state index in [0.29, 0.717) is 43.4 Å². The molecule has 9 nitrogen and oxygen atoms in total. The maximum Gasteiger partial charge on any atom is 0.244 e. The average molecular weight is 532 g/mol. The van der Waals surface area contributed by atoms with Crippen LogP contribution in [0.3, 0.4) is 0 Å². The highest BCUT2D eigenvalue weighted by molar-refractivity contribution is 7.92. The van der Waals surface area contributed by atoms with Gasteiger partial charge in [-0.1, -0.05) is 43.7 Å². The summed E-state index contributed by atoms with van der Waals surface area (Å²) in [6, 6.07) is 11.8. The number of aryl methyl sites for hydroxylation is 1. The summed E-state index contributed by atoms with van der Waals surface area (Å²) in [6.07, 6.45) is 1.15. The van der Waals surface area contributed by atoms with Crippen molar-refractivity contribution in [3.8, 4) is 11.5 Å². The van der Waals surface area contributed by atoms with Gasteiger partial charge in [-0.15, -0.1) is 0 Å². The summed E-state index contributed by atoms with van der Waals surface area (Å²) in [7, 11) is -3.82. The molecule has 0 saturated heterocycles. The van der Waals surface area contributed by atoms with Crippen molar-refractivity contribution in [1.82, 2.24) is 10.2 Å². The Balaban J connectivity index is 1.96. The van der Waals surface area contributed by atoms with E-state index in [4.69, 9.17) is 9.47 Å². The van der Waals surface area contributed by atoms with E-state index in [1.54, 1.807) is 18.2 Å². The van der Waals surface area contributed by atoms with Gasteiger partial charge >= 0.3 is 0 Å². The number of carbonyl (C=O) groups excluding carboxylic acids is 2. The summed E-state index contributed by atoms with van der Waals surface area (Å²) >= 11 is 0. The van der Waals surface area contributed by atoms with Gasteiger partial charge in [0.15, 0.2) is 11.5 Å². The first kappa shape index (κ1) is 28.3. The van der Waals surface area contributed by atoms with Crippen LogP contribution in [0, 0.1) is 6.92 Å². The van der Waals surface area contributed by atoms with Crippen molar-refractivity contribution in [2.24, 2.45) is 0 Å². The van der Waals surface area contributed by atoms with Crippen LogP contribution < -0.4 is 19.1 Å². The molecule has 1 atom stereocenters. The molecule has 2 aromatic carbocycles. The fourth-order valence-electron chi connectivity index (χ4n) is 4.08. The Morgan fingerprint density at radius 1 is 1.00 bits per heavy atom. The Bertz CT molecular complexity index is 1180. The summed E-state index contributed by atoms with van der Waals surface area (Å²) in [5.41, 5.74) is 2.23. The number of rotatable bonds is 12. The summed E-state index contributed by atoms with van der Waals surface area (Å²) in [4.78, 5) is 28.3. The van der Waals surface area contributed by atoms with Crippen molar-refractivity contribution in [3.63, 3.8) is 0 Å². The molecule has 2 amide bonds. The second kappa shape index (κ2) is 12.8. The third-order valence-electron chi connectivity index (χ3n) is 6.20. The number of sulfonamides is 1. The standard InChI is InChI=1S/C27H37N3O6S/c1-5-14-28-27(32)23(6-2)29(18-21-10-8-20(4)9-11-21)26(31)19-30(37(33,34)7-3)22-12-13-24-25(17-22)36-16-15-35-24/h8-13,17,23H,5-7,14-16,18-19H2,1-4H3,(H,28,32)/t23-/m0/s1. The predicted molar refractivity (Wildman–Crippen MR) is 143 cm³/mol. The number of ether oxygens (including phenoxy) is 2. The molecule has 1 heterocycles. The number of nitrogens with zero attached hydrogens (tertiary/aromatic N) is 2. The average Bonchev–Trinajstić information content (AvgIpc) is 2.90. The molecule has 0 unspecified atom stereocenters. The van der Waals surface area contributed by atoms with Crippen molar-refractivity contribution in [1.29, 1.82) is 0 Å². The minimum atomic E-state index is -3.82. The van der Waals surface area contributed by atoms with E-state index in [1.165, 1.54) is 11.8 Å². The topological polar surface area (TPSA) is 105 Å². The molecule has 0 aliphatic carbocycles. The van der Waals surface area contributed by atoms with E-state index >= 15 is 0 Å². The Labute approximate surface area is 219 Å². The highest BCUT2D eigenvalue weighted by Crippen LogP contribution is 2.35. The van der Waals surface area contributed by atoms with Crippen LogP contribution in [0.25, 0.3) is 0 Å². The predicted octanol–water partition coefficient (Wildman–Crippen LogP) is 3.26. The van der Waals surface area contributed by atoms with E-state index in [9.17, 15) is 18.0 Å². The van der Waals surface area contributed by atoms with Gasteiger partial charge in [-0.3, -0.25) is 13.9 Å². The minimum Gasteiger partial charge on any atom is -0.486 e. The van der Waals surface area contributed by atoms with Gasteiger partial charge in [0.1, 0.15) is 25.8 Å². The fourth-order valence-corrected chi connectivity index (χ4v) is 5.14. The van der Waals surface area contributed by atoms with Gasteiger partial charge in [0.05, 0.1) is 11.4 Å². The largest absolute Gasteiger partial charge is 0.486 e. The van der Waals surface area contributed by atoms with E-state index in [0.717, 1.165) is 21.9 Å². The van der Waals surface area contributed by atoms with Crippen molar-refractivity contribution < 1.29 is 27.5 Å². The number of hydrogen-bond acceptors (Lipinski definition) is 6. The maximum absolute atomic E-state index is 13.8. The molecule has 0 saturated carbocycles. The van der Waals surface area contributed by atoms with Crippen LogP contribution in [-0.4, -0.2) is 63.2 Å². The summed E-state index contributed by atoms with van der Waals surface area (Å²) in [5.74, 6) is 0.0326. The fraction of sp³-hybridized carbons (Fsp3) is 0.481. The lowest BCUT2D eigenvalue weighted by molar-refractivity contribution is -0.140. The summed E-state index contributed by atoms with van der Waals surface area (Å²) in [5, 5.41) is 2.88. The van der Waals surface area contributed by atoms with Crippen molar-refractivity contribution in [3.05, 3.63) is 53.6 Å². The van der Waals surface area contributed by atoms with Crippen LogP contribution in [-0.2, 0) is 26.2 Å². The monoisotopic (exact) mass is 531 g/mol. The second-order valence-electron chi connectivity index (χ2n) is 8.96. The van der Waals surface area contributed by atoms with Gasteiger partial charge in [-0.05, 0) is 44.4 Å². The van der Waals surface area contributed by atoms with Gasteiger partial charge in [0.2, 0.25) is 21.8 Å². The molecule has 2 aromatic rings. The quantitative estimate of drug-likeness (QED) is 0.451. The lowest BCUT2D eigenvalue weighted by Crippen LogP contribution is -2.52. The van der Waals surface area contributed by atoms with Crippen LogP contribution in [0.15, 0.2) is 42.5 Å². The molecule has 0 fully saturated rings. The van der Waals surface area contributed by atoms with E-state index in [-0.39, 0.29) is 18.2 Å². The van der Waals surface area contributed by atoms with Crippen LogP contribution in [0.4, 0.5) is 5.69 Å². The second-order valence-corrected chi connectivity index (χ2v) is 11.1. The molecule has 1 aliphatic heterocycles. The first-order valence-corrected chi connectivity index (χ1v) is 14.3. The molecular formula is C27H37N3O6S. The van der Waals surface area contributed by atoms with Gasteiger partial charge < -0.3 is 19.7 Å². The Hall–Kier alpha value is -3.27. The Morgan fingerprint density at radius 3 is 2.30 bits per heavy atom. The molecule has 0 spiro atoms.